The van der Waals surface area contributed by atoms with Crippen LogP contribution in [0.3, 0.4) is 0 Å². The van der Waals surface area contributed by atoms with Gasteiger partial charge in [0.1, 0.15) is 41.9 Å². The van der Waals surface area contributed by atoms with E-state index < -0.39 is 158 Å². The Balaban J connectivity index is 2.22. The van der Waals surface area contributed by atoms with Crippen molar-refractivity contribution in [2.75, 3.05) is 13.2 Å². The molecule has 0 amide bonds. The maximum Gasteiger partial charge on any atom is 0.306 e. The number of Topliss-reactive ketones (excluding diaryl/α,β-unsaturated/α-hetero) is 3. The number of hydrogen-bond acceptors (Lipinski definition) is 23. The highest BCUT2D eigenvalue weighted by molar-refractivity contribution is 5.82. The number of nitro benzene ring substituents is 1. The summed E-state index contributed by atoms with van der Waals surface area (Å²) in [5.41, 5.74) is -0.347. The van der Waals surface area contributed by atoms with Gasteiger partial charge in [-0.1, -0.05) is 0 Å². The minimum atomic E-state index is -1.90. The summed E-state index contributed by atoms with van der Waals surface area (Å²) in [4.78, 5) is 135. The van der Waals surface area contributed by atoms with Gasteiger partial charge >= 0.3 is 41.8 Å². The molecule has 24 heteroatoms. The number of rotatable bonds is 23. The van der Waals surface area contributed by atoms with Crippen molar-refractivity contribution < 1.29 is 105 Å². The van der Waals surface area contributed by atoms with Crippen LogP contribution in [0.1, 0.15) is 87.0 Å². The van der Waals surface area contributed by atoms with Crippen LogP contribution in [0.5, 0.6) is 5.75 Å². The Morgan fingerprint density at radius 2 is 0.877 bits per heavy atom. The van der Waals surface area contributed by atoms with E-state index >= 15 is 0 Å². The maximum absolute atomic E-state index is 13.4. The highest BCUT2D eigenvalue weighted by Gasteiger charge is 2.56. The molecule has 1 aromatic rings. The van der Waals surface area contributed by atoms with Crippen LogP contribution in [0.25, 0.3) is 0 Å². The lowest BCUT2D eigenvalue weighted by Gasteiger charge is -2.46. The molecule has 358 valence electrons. The van der Waals surface area contributed by atoms with Crippen LogP contribution in [-0.2, 0) is 95.3 Å². The average Bonchev–Trinajstić information content (AvgIpc) is 3.20. The van der Waals surface area contributed by atoms with Crippen molar-refractivity contribution in [2.24, 2.45) is 0 Å². The Labute approximate surface area is 371 Å². The van der Waals surface area contributed by atoms with Gasteiger partial charge in [0.2, 0.25) is 12.4 Å². The third kappa shape index (κ3) is 17.6. The molecular weight excluding hydrogens is 874 g/mol. The van der Waals surface area contributed by atoms with Crippen LogP contribution in [0, 0.1) is 10.1 Å². The SMILES string of the molecule is CC(=O)CCC(=O)OC1C(COC2OC(COC(C)=O)C(OC(C)=O)C(OC(C)=O)C2OC(C)=O)OC(Oc2ccc([N+](=O)[O-])cc2)C(OC(=O)CCC(C)=O)C1OC(=O)CCC(C)=O. The molecule has 10 atom stereocenters. The lowest BCUT2D eigenvalue weighted by Crippen LogP contribution is -2.65. The Morgan fingerprint density at radius 3 is 1.34 bits per heavy atom. The van der Waals surface area contributed by atoms with Gasteiger partial charge in [-0.2, -0.15) is 0 Å². The van der Waals surface area contributed by atoms with E-state index in [1.54, 1.807) is 0 Å². The third-order valence-electron chi connectivity index (χ3n) is 9.11. The molecule has 0 bridgehead atoms. The van der Waals surface area contributed by atoms with Crippen molar-refractivity contribution >= 4 is 64.8 Å². The van der Waals surface area contributed by atoms with E-state index in [1.165, 1.54) is 20.8 Å². The first kappa shape index (κ1) is 52.9. The van der Waals surface area contributed by atoms with Gasteiger partial charge in [-0.25, -0.2) is 0 Å². The molecule has 65 heavy (non-hydrogen) atoms. The second kappa shape index (κ2) is 25.2. The Morgan fingerprint density at radius 1 is 0.492 bits per heavy atom. The van der Waals surface area contributed by atoms with Crippen molar-refractivity contribution in [3.8, 4) is 5.75 Å². The standard InChI is InChI=1S/C41H51NO23/c1-20(43)8-15-31(50)63-35-30(19-56-40-38(59-26(7)49)36(58-25(6)48)34(57-24(5)47)29(61-40)18-55-23(4)46)62-41(60-28-13-11-27(12-14-28)42(53)54)39(65-33(52)17-10-22(3)45)37(35)64-32(51)16-9-21(2)44/h11-14,29-30,34-41H,8-10,15-19H2,1-7H3. The minimum Gasteiger partial charge on any atom is -0.463 e. The molecule has 0 saturated carbocycles. The van der Waals surface area contributed by atoms with Crippen molar-refractivity contribution in [1.82, 2.24) is 0 Å². The van der Waals surface area contributed by atoms with E-state index in [-0.39, 0.29) is 30.7 Å². The lowest BCUT2D eigenvalue weighted by atomic mass is 9.97. The normalized spacial score (nSPS) is 24.8. The molecule has 24 nitrogen and oxygen atoms in total. The molecule has 0 spiro atoms. The van der Waals surface area contributed by atoms with Crippen molar-refractivity contribution in [3.63, 3.8) is 0 Å². The van der Waals surface area contributed by atoms with Gasteiger partial charge in [-0.3, -0.25) is 43.7 Å². The Hall–Kier alpha value is -6.40. The number of carbonyl (C=O) groups is 10. The summed E-state index contributed by atoms with van der Waals surface area (Å²) in [6.45, 7) is 6.21. The maximum atomic E-state index is 13.4. The average molecular weight is 926 g/mol. The summed E-state index contributed by atoms with van der Waals surface area (Å²) in [5.74, 6) is -8.18. The summed E-state index contributed by atoms with van der Waals surface area (Å²) in [7, 11) is 0. The molecular formula is C41H51NO23. The molecule has 0 radical (unpaired) electrons. The number of nitro groups is 1. The van der Waals surface area contributed by atoms with Crippen molar-refractivity contribution in [2.45, 2.75) is 148 Å². The second-order valence-corrected chi connectivity index (χ2v) is 14.8. The number of nitrogens with zero attached hydrogens (tertiary/aromatic N) is 1. The topological polar surface area (TPSA) is 315 Å². The van der Waals surface area contributed by atoms with E-state index in [4.69, 9.17) is 52.1 Å². The van der Waals surface area contributed by atoms with E-state index in [2.05, 4.69) is 0 Å². The van der Waals surface area contributed by atoms with Gasteiger partial charge in [0, 0.05) is 59.1 Å². The van der Waals surface area contributed by atoms with E-state index in [1.807, 2.05) is 0 Å². The lowest BCUT2D eigenvalue weighted by molar-refractivity contribution is -0.384. The summed E-state index contributed by atoms with van der Waals surface area (Å²) >= 11 is 0. The zero-order valence-corrected chi connectivity index (χ0v) is 36.6. The number of non-ortho nitro benzene ring substituents is 1. The van der Waals surface area contributed by atoms with Gasteiger partial charge in [-0.15, -0.1) is 0 Å². The molecule has 2 saturated heterocycles. The van der Waals surface area contributed by atoms with Crippen LogP contribution in [0.4, 0.5) is 5.69 Å². The third-order valence-corrected chi connectivity index (χ3v) is 9.11. The largest absolute Gasteiger partial charge is 0.463 e. The fourth-order valence-corrected chi connectivity index (χ4v) is 6.27. The fraction of sp³-hybridized carbons (Fsp3) is 0.610. The molecule has 2 aliphatic rings. The molecule has 0 aliphatic carbocycles. The summed E-state index contributed by atoms with van der Waals surface area (Å²) in [6.07, 6.45) is -20.0. The highest BCUT2D eigenvalue weighted by Crippen LogP contribution is 2.35. The number of ether oxygens (including phenoxy) is 11. The molecule has 1 aromatic carbocycles. The van der Waals surface area contributed by atoms with Gasteiger partial charge in [-0.05, 0) is 32.9 Å². The molecule has 0 N–H and O–H groups in total. The molecule has 3 rings (SSSR count). The predicted octanol–water partition coefficient (Wildman–Crippen LogP) is 1.64. The molecule has 2 heterocycles. The van der Waals surface area contributed by atoms with Gasteiger partial charge in [0.05, 0.1) is 30.8 Å². The number of benzene rings is 1. The summed E-state index contributed by atoms with van der Waals surface area (Å²) in [6, 6.07) is 4.44. The monoisotopic (exact) mass is 925 g/mol. The molecule has 0 aromatic heterocycles. The first-order valence-electron chi connectivity index (χ1n) is 20.1. The molecule has 10 unspecified atom stereocenters. The number of hydrogen-bond donors (Lipinski definition) is 0. The van der Waals surface area contributed by atoms with Crippen LogP contribution >= 0.6 is 0 Å². The molecule has 2 aliphatic heterocycles. The zero-order chi connectivity index (χ0) is 48.5. The first-order valence-corrected chi connectivity index (χ1v) is 20.1. The number of carbonyl (C=O) groups excluding carboxylic acids is 10. The van der Waals surface area contributed by atoms with Crippen LogP contribution in [0.15, 0.2) is 24.3 Å². The van der Waals surface area contributed by atoms with Crippen molar-refractivity contribution in [3.05, 3.63) is 34.4 Å². The van der Waals surface area contributed by atoms with E-state index in [0.29, 0.717) is 0 Å². The minimum absolute atomic E-state index is 0.136. The fourth-order valence-electron chi connectivity index (χ4n) is 6.27. The van der Waals surface area contributed by atoms with Gasteiger partial charge in [0.15, 0.2) is 36.8 Å². The second-order valence-electron chi connectivity index (χ2n) is 14.8. The van der Waals surface area contributed by atoms with Crippen molar-refractivity contribution in [1.29, 1.82) is 0 Å². The Bertz CT molecular complexity index is 1930. The van der Waals surface area contributed by atoms with E-state index in [0.717, 1.165) is 52.0 Å². The van der Waals surface area contributed by atoms with Crippen LogP contribution in [-0.4, -0.2) is 139 Å². The quantitative estimate of drug-likeness (QED) is 0.0652. The highest BCUT2D eigenvalue weighted by atomic mass is 16.8. The van der Waals surface area contributed by atoms with Gasteiger partial charge < -0.3 is 66.5 Å². The number of ketones is 3. The summed E-state index contributed by atoms with van der Waals surface area (Å²) in [5, 5.41) is 11.4. The first-order chi connectivity index (χ1) is 30.5. The van der Waals surface area contributed by atoms with Crippen LogP contribution in [0.2, 0.25) is 0 Å². The Kier molecular flexibility index (Phi) is 20.5. The molecule has 2 fully saturated rings. The van der Waals surface area contributed by atoms with E-state index in [9.17, 15) is 58.1 Å². The predicted molar refractivity (Wildman–Crippen MR) is 210 cm³/mol. The van der Waals surface area contributed by atoms with Crippen LogP contribution < -0.4 is 4.74 Å². The number of esters is 7. The smallest absolute Gasteiger partial charge is 0.306 e. The zero-order valence-electron chi connectivity index (χ0n) is 36.6. The summed E-state index contributed by atoms with van der Waals surface area (Å²) < 4.78 is 63.0. The van der Waals surface area contributed by atoms with Gasteiger partial charge in [0.25, 0.3) is 5.69 Å².